The number of hydrogen-bond acceptors (Lipinski definition) is 4. The van der Waals surface area contributed by atoms with Crippen molar-refractivity contribution in [3.05, 3.63) is 34.6 Å². The van der Waals surface area contributed by atoms with E-state index in [0.29, 0.717) is 0 Å². The first-order valence-corrected chi connectivity index (χ1v) is 7.73. The molecule has 5 nitrogen and oxygen atoms in total. The molecule has 108 valence electrons. The third-order valence-corrected chi connectivity index (χ3v) is 4.48. The Morgan fingerprint density at radius 3 is 2.75 bits per heavy atom. The summed E-state index contributed by atoms with van der Waals surface area (Å²) in [7, 11) is -3.93. The van der Waals surface area contributed by atoms with Gasteiger partial charge >= 0.3 is 0 Å². The highest BCUT2D eigenvalue weighted by Gasteiger charge is 2.24. The fraction of sp³-hybridized carbons (Fsp3) is 0.273. The van der Waals surface area contributed by atoms with Gasteiger partial charge in [0.2, 0.25) is 10.0 Å². The Morgan fingerprint density at radius 2 is 2.20 bits per heavy atom. The zero-order valence-corrected chi connectivity index (χ0v) is 12.6. The molecule has 9 heteroatoms. The van der Waals surface area contributed by atoms with Crippen LogP contribution in [0, 0.1) is 17.1 Å². The molecule has 0 saturated carbocycles. The van der Waals surface area contributed by atoms with Crippen molar-refractivity contribution >= 4 is 38.8 Å². The normalized spacial score (nSPS) is 11.3. The molecule has 0 aliphatic rings. The van der Waals surface area contributed by atoms with Crippen molar-refractivity contribution in [2.75, 3.05) is 13.1 Å². The maximum Gasteiger partial charge on any atom is 0.219 e. The summed E-state index contributed by atoms with van der Waals surface area (Å²) in [5.41, 5.74) is 5.21. The second-order valence-corrected chi connectivity index (χ2v) is 6.76. The first-order chi connectivity index (χ1) is 9.27. The van der Waals surface area contributed by atoms with Crippen LogP contribution >= 0.6 is 23.8 Å². The summed E-state index contributed by atoms with van der Waals surface area (Å²) in [6, 6.07) is 5.77. The SMILES string of the molecule is N#CCN(CC(N)=S)S(=O)(=O)Cc1cccc(Cl)c1F. The molecule has 1 aromatic rings. The Bertz CT molecular complexity index is 658. The third-order valence-electron chi connectivity index (χ3n) is 2.34. The maximum absolute atomic E-state index is 13.7. The number of thiocarbonyl (C=S) groups is 1. The minimum Gasteiger partial charge on any atom is -0.392 e. The average molecular weight is 336 g/mol. The molecule has 0 heterocycles. The lowest BCUT2D eigenvalue weighted by Crippen LogP contribution is -2.38. The quantitative estimate of drug-likeness (QED) is 0.627. The first kappa shape index (κ1) is 16.8. The molecular formula is C11H11ClFN3O2S2. The summed E-state index contributed by atoms with van der Waals surface area (Å²) in [5.74, 6) is -1.42. The molecule has 1 aromatic carbocycles. The van der Waals surface area contributed by atoms with E-state index in [4.69, 9.17) is 22.6 Å². The van der Waals surface area contributed by atoms with Crippen LogP contribution in [-0.4, -0.2) is 30.8 Å². The zero-order valence-electron chi connectivity index (χ0n) is 10.2. The maximum atomic E-state index is 13.7. The van der Waals surface area contributed by atoms with E-state index in [1.54, 1.807) is 6.07 Å². The molecule has 0 aliphatic heterocycles. The van der Waals surface area contributed by atoms with Gasteiger partial charge in [0, 0.05) is 5.56 Å². The number of nitrogens with zero attached hydrogens (tertiary/aromatic N) is 2. The lowest BCUT2D eigenvalue weighted by Gasteiger charge is -2.18. The summed E-state index contributed by atoms with van der Waals surface area (Å²) in [6.45, 7) is -0.685. The van der Waals surface area contributed by atoms with E-state index < -0.39 is 28.1 Å². The molecule has 0 fully saturated rings. The lowest BCUT2D eigenvalue weighted by molar-refractivity contribution is 0.482. The number of rotatable bonds is 6. The second kappa shape index (κ2) is 6.95. The number of sulfonamides is 1. The first-order valence-electron chi connectivity index (χ1n) is 5.34. The van der Waals surface area contributed by atoms with E-state index in [2.05, 4.69) is 12.2 Å². The largest absolute Gasteiger partial charge is 0.392 e. The Labute approximate surface area is 126 Å². The number of benzene rings is 1. The Kier molecular flexibility index (Phi) is 5.83. The van der Waals surface area contributed by atoms with Gasteiger partial charge in [0.1, 0.15) is 12.4 Å². The number of hydrogen-bond donors (Lipinski definition) is 1. The van der Waals surface area contributed by atoms with Gasteiger partial charge in [-0.3, -0.25) is 0 Å². The fourth-order valence-electron chi connectivity index (χ4n) is 1.45. The standard InChI is InChI=1S/C11H11ClFN3O2S2/c12-9-3-1-2-8(11(9)13)7-20(17,18)16(5-4-14)6-10(15)19/h1-3H,5-7H2,(H2,15,19). The molecule has 0 radical (unpaired) electrons. The van der Waals surface area contributed by atoms with E-state index in [1.807, 2.05) is 0 Å². The number of nitrogens with two attached hydrogens (primary N) is 1. The van der Waals surface area contributed by atoms with Crippen molar-refractivity contribution in [1.29, 1.82) is 5.26 Å². The molecule has 2 N–H and O–H groups in total. The third kappa shape index (κ3) is 4.38. The molecule has 0 bridgehead atoms. The predicted molar refractivity (Wildman–Crippen MR) is 78.0 cm³/mol. The van der Waals surface area contributed by atoms with Gasteiger partial charge in [-0.1, -0.05) is 36.0 Å². The van der Waals surface area contributed by atoms with Gasteiger partial charge in [-0.25, -0.2) is 12.8 Å². The highest BCUT2D eigenvalue weighted by Crippen LogP contribution is 2.20. The number of halogens is 2. The van der Waals surface area contributed by atoms with Crippen LogP contribution in [0.1, 0.15) is 5.56 Å². The molecule has 0 atom stereocenters. The highest BCUT2D eigenvalue weighted by molar-refractivity contribution is 7.88. The minimum absolute atomic E-state index is 0.0737. The molecule has 0 saturated heterocycles. The molecule has 0 amide bonds. The van der Waals surface area contributed by atoms with Crippen LogP contribution in [0.15, 0.2) is 18.2 Å². The highest BCUT2D eigenvalue weighted by atomic mass is 35.5. The average Bonchev–Trinajstić information content (AvgIpc) is 2.34. The van der Waals surface area contributed by atoms with Gasteiger partial charge in [0.05, 0.1) is 28.4 Å². The summed E-state index contributed by atoms with van der Waals surface area (Å²) in [6.07, 6.45) is 0. The van der Waals surface area contributed by atoms with Crippen LogP contribution in [0.25, 0.3) is 0 Å². The Balaban J connectivity index is 3.06. The second-order valence-electron chi connectivity index (χ2n) is 3.86. The van der Waals surface area contributed by atoms with Gasteiger partial charge in [0.25, 0.3) is 0 Å². The van der Waals surface area contributed by atoms with Crippen molar-refractivity contribution in [2.45, 2.75) is 5.75 Å². The van der Waals surface area contributed by atoms with Gasteiger partial charge in [-0.05, 0) is 6.07 Å². The van der Waals surface area contributed by atoms with Crippen LogP contribution in [0.3, 0.4) is 0 Å². The monoisotopic (exact) mass is 335 g/mol. The van der Waals surface area contributed by atoms with Gasteiger partial charge in [0.15, 0.2) is 0 Å². The molecule has 0 spiro atoms. The summed E-state index contributed by atoms with van der Waals surface area (Å²) < 4.78 is 38.8. The van der Waals surface area contributed by atoms with E-state index in [1.165, 1.54) is 18.2 Å². The van der Waals surface area contributed by atoms with Crippen LogP contribution < -0.4 is 5.73 Å². The van der Waals surface area contributed by atoms with Crippen molar-refractivity contribution in [2.24, 2.45) is 5.73 Å². The summed E-state index contributed by atoms with van der Waals surface area (Å²) in [4.78, 5) is -0.0737. The topological polar surface area (TPSA) is 87.2 Å². The van der Waals surface area contributed by atoms with E-state index >= 15 is 0 Å². The van der Waals surface area contributed by atoms with Crippen LogP contribution in [0.5, 0.6) is 0 Å². The van der Waals surface area contributed by atoms with Crippen molar-refractivity contribution in [1.82, 2.24) is 4.31 Å². The van der Waals surface area contributed by atoms with Crippen LogP contribution in [0.4, 0.5) is 4.39 Å². The molecule has 0 aliphatic carbocycles. The van der Waals surface area contributed by atoms with Crippen molar-refractivity contribution in [3.63, 3.8) is 0 Å². The molecule has 20 heavy (non-hydrogen) atoms. The summed E-state index contributed by atoms with van der Waals surface area (Å²) in [5, 5.41) is 8.47. The predicted octanol–water partition coefficient (Wildman–Crippen LogP) is 1.42. The minimum atomic E-state index is -3.93. The number of nitriles is 1. The fourth-order valence-corrected chi connectivity index (χ4v) is 3.27. The van der Waals surface area contributed by atoms with Gasteiger partial charge < -0.3 is 5.73 Å². The van der Waals surface area contributed by atoms with Gasteiger partial charge in [-0.15, -0.1) is 0 Å². The molecule has 0 unspecified atom stereocenters. The van der Waals surface area contributed by atoms with E-state index in [-0.39, 0.29) is 22.1 Å². The van der Waals surface area contributed by atoms with E-state index in [0.717, 1.165) is 4.31 Å². The molecular weight excluding hydrogens is 325 g/mol. The van der Waals surface area contributed by atoms with E-state index in [9.17, 15) is 12.8 Å². The zero-order chi connectivity index (χ0) is 15.3. The van der Waals surface area contributed by atoms with Crippen LogP contribution in [0.2, 0.25) is 5.02 Å². The Morgan fingerprint density at radius 1 is 1.55 bits per heavy atom. The smallest absolute Gasteiger partial charge is 0.219 e. The Hall–Kier alpha value is -1.27. The van der Waals surface area contributed by atoms with Crippen molar-refractivity contribution in [3.8, 4) is 6.07 Å². The summed E-state index contributed by atoms with van der Waals surface area (Å²) >= 11 is 10.2. The molecule has 1 rings (SSSR count). The van der Waals surface area contributed by atoms with Crippen LogP contribution in [-0.2, 0) is 15.8 Å². The lowest BCUT2D eigenvalue weighted by atomic mass is 10.2. The van der Waals surface area contributed by atoms with Gasteiger partial charge in [-0.2, -0.15) is 9.57 Å². The molecule has 0 aromatic heterocycles. The van der Waals surface area contributed by atoms with Crippen molar-refractivity contribution < 1.29 is 12.8 Å².